The number of nitrogens with zero attached hydrogens (tertiary/aromatic N) is 4. The molecule has 4 nitrogen and oxygen atoms in total. The van der Waals surface area contributed by atoms with E-state index in [9.17, 15) is 13.2 Å². The first kappa shape index (κ1) is 22.3. The molecule has 0 bridgehead atoms. The third-order valence-corrected chi connectivity index (χ3v) is 6.61. The first-order chi connectivity index (χ1) is 15.1. The Bertz CT molecular complexity index is 1300. The van der Waals surface area contributed by atoms with Gasteiger partial charge in [0.15, 0.2) is 0 Å². The van der Waals surface area contributed by atoms with Crippen LogP contribution >= 0.6 is 11.6 Å². The van der Waals surface area contributed by atoms with E-state index >= 15 is 0 Å². The third kappa shape index (κ3) is 3.54. The molecule has 0 aliphatic carbocycles. The normalized spacial score (nSPS) is 14.0. The van der Waals surface area contributed by atoms with Gasteiger partial charge >= 0.3 is 6.18 Å². The summed E-state index contributed by atoms with van der Waals surface area (Å²) < 4.78 is 41.1. The number of alkyl halides is 3. The summed E-state index contributed by atoms with van der Waals surface area (Å²) >= 11 is 6.71. The van der Waals surface area contributed by atoms with E-state index in [1.165, 1.54) is 12.3 Å². The van der Waals surface area contributed by atoms with E-state index in [0.29, 0.717) is 10.6 Å². The molecule has 1 atom stereocenters. The topological polar surface area (TPSA) is 43.6 Å². The van der Waals surface area contributed by atoms with Crippen molar-refractivity contribution in [2.75, 3.05) is 0 Å². The molecule has 32 heavy (non-hydrogen) atoms. The molecular weight excluding hydrogens is 437 g/mol. The van der Waals surface area contributed by atoms with Crippen LogP contribution in [0.2, 0.25) is 5.02 Å². The largest absolute Gasteiger partial charge is 0.433 e. The zero-order valence-corrected chi connectivity index (χ0v) is 18.9. The molecule has 4 rings (SSSR count). The molecule has 166 valence electrons. The van der Waals surface area contributed by atoms with Crippen molar-refractivity contribution in [2.45, 2.75) is 38.8 Å². The molecule has 3 aromatic heterocycles. The summed E-state index contributed by atoms with van der Waals surface area (Å²) in [5.74, 6) is 0. The van der Waals surface area contributed by atoms with Gasteiger partial charge in [-0.25, -0.2) is 4.98 Å². The molecule has 4 aromatic rings. The molecule has 3 heterocycles. The van der Waals surface area contributed by atoms with Crippen LogP contribution in [-0.2, 0) is 25.1 Å². The maximum Gasteiger partial charge on any atom is 0.433 e. The summed E-state index contributed by atoms with van der Waals surface area (Å²) in [6, 6.07) is 8.28. The van der Waals surface area contributed by atoms with Gasteiger partial charge in [0.05, 0.1) is 28.0 Å². The minimum absolute atomic E-state index is 0.611. The van der Waals surface area contributed by atoms with Crippen LogP contribution in [0, 0.1) is 6.92 Å². The molecule has 0 aliphatic rings. The van der Waals surface area contributed by atoms with Crippen LogP contribution in [-0.4, -0.2) is 19.5 Å². The zero-order chi connectivity index (χ0) is 23.3. The second-order valence-corrected chi connectivity index (χ2v) is 8.41. The lowest BCUT2D eigenvalue weighted by Crippen LogP contribution is -2.28. The van der Waals surface area contributed by atoms with Gasteiger partial charge in [-0.15, -0.1) is 0 Å². The summed E-state index contributed by atoms with van der Waals surface area (Å²) in [6.45, 7) is 5.92. The Balaban J connectivity index is 1.97. The number of fused-ring (bicyclic) bond motifs is 1. The zero-order valence-electron chi connectivity index (χ0n) is 18.1. The molecule has 0 spiro atoms. The Morgan fingerprint density at radius 2 is 1.78 bits per heavy atom. The lowest BCUT2D eigenvalue weighted by molar-refractivity contribution is -0.141. The highest BCUT2D eigenvalue weighted by molar-refractivity contribution is 6.36. The Morgan fingerprint density at radius 3 is 2.34 bits per heavy atom. The summed E-state index contributed by atoms with van der Waals surface area (Å²) in [5, 5.41) is 1.43. The van der Waals surface area contributed by atoms with Crippen molar-refractivity contribution in [1.29, 1.82) is 0 Å². The maximum absolute atomic E-state index is 13.1. The number of imidazole rings is 1. The van der Waals surface area contributed by atoms with E-state index in [0.717, 1.165) is 45.9 Å². The Labute approximate surface area is 189 Å². The van der Waals surface area contributed by atoms with E-state index in [4.69, 9.17) is 16.6 Å². The number of aryl methyl sites for hydroxylation is 2. The number of hydrogen-bond acceptors (Lipinski definition) is 3. The van der Waals surface area contributed by atoms with E-state index in [1.54, 1.807) is 12.5 Å². The summed E-state index contributed by atoms with van der Waals surface area (Å²) in [6.07, 6.45) is 0.933. The SMILES string of the molecule is CCc1nc2ccc(C(C)(c3ccc(C(F)(F)F)nc3)c3cncn3C)cc2c(Cl)c1C. The van der Waals surface area contributed by atoms with Gasteiger partial charge in [0.2, 0.25) is 0 Å². The number of hydrogen-bond donors (Lipinski definition) is 0. The number of pyridine rings is 2. The molecule has 0 saturated heterocycles. The van der Waals surface area contributed by atoms with Gasteiger partial charge in [0.25, 0.3) is 0 Å². The molecule has 0 saturated carbocycles. The smallest absolute Gasteiger partial charge is 0.337 e. The van der Waals surface area contributed by atoms with E-state index < -0.39 is 17.3 Å². The van der Waals surface area contributed by atoms with Crippen LogP contribution in [0.1, 0.15) is 47.6 Å². The van der Waals surface area contributed by atoms with Gasteiger partial charge in [-0.05, 0) is 55.2 Å². The van der Waals surface area contributed by atoms with Crippen LogP contribution in [0.15, 0.2) is 49.1 Å². The maximum atomic E-state index is 13.1. The molecule has 1 unspecified atom stereocenters. The van der Waals surface area contributed by atoms with Crippen molar-refractivity contribution < 1.29 is 13.2 Å². The number of benzene rings is 1. The Kier molecular flexibility index (Phi) is 5.49. The van der Waals surface area contributed by atoms with Gasteiger partial charge < -0.3 is 4.57 Å². The van der Waals surface area contributed by atoms with Crippen LogP contribution < -0.4 is 0 Å². The van der Waals surface area contributed by atoms with Crippen molar-refractivity contribution in [3.8, 4) is 0 Å². The highest BCUT2D eigenvalue weighted by Gasteiger charge is 2.37. The number of rotatable bonds is 4. The molecule has 8 heteroatoms. The fraction of sp³-hybridized carbons (Fsp3) is 0.292. The van der Waals surface area contributed by atoms with Crippen molar-refractivity contribution in [1.82, 2.24) is 19.5 Å². The number of halogens is 4. The molecule has 1 aromatic carbocycles. The Hall–Kier alpha value is -2.93. The molecular formula is C24H22ClF3N4. The van der Waals surface area contributed by atoms with Crippen molar-refractivity contribution in [3.05, 3.63) is 87.8 Å². The minimum atomic E-state index is -4.50. The molecule has 0 fully saturated rings. The van der Waals surface area contributed by atoms with Crippen LogP contribution in [0.4, 0.5) is 13.2 Å². The van der Waals surface area contributed by atoms with E-state index in [1.807, 2.05) is 50.6 Å². The fourth-order valence-corrected chi connectivity index (χ4v) is 4.44. The summed E-state index contributed by atoms with van der Waals surface area (Å²) in [4.78, 5) is 12.7. The van der Waals surface area contributed by atoms with Gasteiger partial charge in [-0.2, -0.15) is 13.2 Å². The van der Waals surface area contributed by atoms with Gasteiger partial charge in [-0.1, -0.05) is 30.7 Å². The summed E-state index contributed by atoms with van der Waals surface area (Å²) in [7, 11) is 1.85. The predicted octanol–water partition coefficient (Wildman–Crippen LogP) is 6.26. The average molecular weight is 459 g/mol. The second-order valence-electron chi connectivity index (χ2n) is 8.03. The molecule has 0 amide bonds. The number of aromatic nitrogens is 4. The standard InChI is InChI=1S/C24H22ClF3N4/c1-5-18-14(2)22(25)17-10-15(6-8-19(17)31-18)23(3,21-12-29-13-32(21)4)16-7-9-20(30-11-16)24(26,27)28/h6-13H,5H2,1-4H3. The first-order valence-corrected chi connectivity index (χ1v) is 10.5. The van der Waals surface area contributed by atoms with Gasteiger partial charge in [0, 0.05) is 30.5 Å². The first-order valence-electron chi connectivity index (χ1n) is 10.2. The lowest BCUT2D eigenvalue weighted by Gasteiger charge is -2.31. The molecule has 0 N–H and O–H groups in total. The fourth-order valence-electron chi connectivity index (χ4n) is 4.18. The molecule has 0 aliphatic heterocycles. The van der Waals surface area contributed by atoms with E-state index in [2.05, 4.69) is 9.97 Å². The lowest BCUT2D eigenvalue weighted by atomic mass is 9.74. The van der Waals surface area contributed by atoms with Gasteiger partial charge in [0.1, 0.15) is 5.69 Å². The van der Waals surface area contributed by atoms with E-state index in [-0.39, 0.29) is 0 Å². The van der Waals surface area contributed by atoms with Crippen molar-refractivity contribution in [3.63, 3.8) is 0 Å². The highest BCUT2D eigenvalue weighted by atomic mass is 35.5. The minimum Gasteiger partial charge on any atom is -0.337 e. The highest BCUT2D eigenvalue weighted by Crippen LogP contribution is 2.41. The quantitative estimate of drug-likeness (QED) is 0.362. The van der Waals surface area contributed by atoms with Gasteiger partial charge in [-0.3, -0.25) is 9.97 Å². The third-order valence-electron chi connectivity index (χ3n) is 6.12. The second kappa shape index (κ2) is 7.89. The van der Waals surface area contributed by atoms with Crippen LogP contribution in [0.3, 0.4) is 0 Å². The monoisotopic (exact) mass is 458 g/mol. The van der Waals surface area contributed by atoms with Crippen molar-refractivity contribution >= 4 is 22.5 Å². The van der Waals surface area contributed by atoms with Crippen molar-refractivity contribution in [2.24, 2.45) is 7.05 Å². The van der Waals surface area contributed by atoms with Crippen LogP contribution in [0.25, 0.3) is 10.9 Å². The Morgan fingerprint density at radius 1 is 1.06 bits per heavy atom. The predicted molar refractivity (Wildman–Crippen MR) is 119 cm³/mol. The molecule has 0 radical (unpaired) electrons. The average Bonchev–Trinajstić information content (AvgIpc) is 3.21. The summed E-state index contributed by atoms with van der Waals surface area (Å²) in [5.41, 5.74) is 3.17. The van der Waals surface area contributed by atoms with Crippen LogP contribution in [0.5, 0.6) is 0 Å².